The molecule has 0 aliphatic heterocycles. The summed E-state index contributed by atoms with van der Waals surface area (Å²) in [4.78, 5) is 34.5. The Bertz CT molecular complexity index is 567. The first kappa shape index (κ1) is 48.8. The quantitative estimate of drug-likeness (QED) is 0.313. The Balaban J connectivity index is -0.0000000517. The van der Waals surface area contributed by atoms with Crippen LogP contribution in [0, 0.1) is 0 Å². The van der Waals surface area contributed by atoms with Gasteiger partial charge in [0.25, 0.3) is 0 Å². The van der Waals surface area contributed by atoms with Crippen LogP contribution in [0.15, 0.2) is 25.1 Å². The van der Waals surface area contributed by atoms with Crippen LogP contribution in [0.25, 0.3) is 0 Å². The third-order valence-electron chi connectivity index (χ3n) is 2.12. The summed E-state index contributed by atoms with van der Waals surface area (Å²) < 4.78 is 0. The monoisotopic (exact) mass is 486 g/mol. The molecule has 0 bridgehead atoms. The molecule has 0 saturated carbocycles. The third kappa shape index (κ3) is 181. The van der Waals surface area contributed by atoms with Gasteiger partial charge in [0.15, 0.2) is 0 Å². The van der Waals surface area contributed by atoms with Gasteiger partial charge in [-0.25, -0.2) is 4.99 Å². The van der Waals surface area contributed by atoms with Crippen molar-refractivity contribution in [2.24, 2.45) is 25.1 Å². The number of rotatable bonds is 1. The first-order chi connectivity index (χ1) is 14.8. The summed E-state index contributed by atoms with van der Waals surface area (Å²) in [6.45, 7) is 23.9. The second-order valence-electron chi connectivity index (χ2n) is 7.89. The van der Waals surface area contributed by atoms with Crippen molar-refractivity contribution in [3.05, 3.63) is 0 Å². The molecule has 0 spiro atoms. The average Bonchev–Trinajstić information content (AvgIpc) is 2.60. The lowest BCUT2D eigenvalue weighted by Gasteiger charge is -2.02. The van der Waals surface area contributed by atoms with E-state index < -0.39 is 0 Å². The topological polar surface area (TPSA) is 99.2 Å². The number of carbonyl (C=O) groups is 2. The van der Waals surface area contributed by atoms with Crippen molar-refractivity contribution in [2.45, 2.75) is 97.4 Å². The molecule has 0 aliphatic rings. The van der Waals surface area contributed by atoms with Crippen LogP contribution in [-0.4, -0.2) is 80.5 Å². The lowest BCUT2D eigenvalue weighted by Crippen LogP contribution is -2.03. The maximum absolute atomic E-state index is 10.1. The van der Waals surface area contributed by atoms with Crippen molar-refractivity contribution in [3.63, 3.8) is 0 Å². The number of ketones is 1. The van der Waals surface area contributed by atoms with Crippen LogP contribution >= 0.6 is 0 Å². The van der Waals surface area contributed by atoms with Gasteiger partial charge in [-0.1, -0.05) is 7.43 Å². The molecule has 34 heavy (non-hydrogen) atoms. The fourth-order valence-electron chi connectivity index (χ4n) is 0.715. The number of hydrogen-bond acceptors (Lipinski definition) is 7. The van der Waals surface area contributed by atoms with Crippen molar-refractivity contribution < 1.29 is 9.59 Å². The zero-order valence-electron chi connectivity index (χ0n) is 25.0. The van der Waals surface area contributed by atoms with E-state index in [4.69, 9.17) is 0 Å². The minimum absolute atomic E-state index is 0. The van der Waals surface area contributed by atoms with Crippen LogP contribution < -0.4 is 0 Å². The number of amides is 1. The Kier molecular flexibility index (Phi) is 54.2. The Labute approximate surface area is 212 Å². The van der Waals surface area contributed by atoms with Gasteiger partial charge in [-0.2, -0.15) is 5.10 Å². The van der Waals surface area contributed by atoms with Crippen LogP contribution in [0.1, 0.15) is 97.4 Å². The number of hydrazone groups is 1. The minimum atomic E-state index is -0.125. The molecule has 1 amide bonds. The van der Waals surface area contributed by atoms with Gasteiger partial charge in [0.05, 0.1) is 0 Å². The highest BCUT2D eigenvalue weighted by Crippen LogP contribution is 1.76. The average molecular weight is 487 g/mol. The summed E-state index contributed by atoms with van der Waals surface area (Å²) in [6.07, 6.45) is 0. The molecular weight excluding hydrogens is 428 g/mol. The molecule has 0 aromatic heterocycles. The Morgan fingerprint density at radius 3 is 0.706 bits per heavy atom. The molecule has 204 valence electrons. The van der Waals surface area contributed by atoms with Gasteiger partial charge in [-0.15, -0.1) is 0 Å². The number of aliphatic imine (C=N–C) groups is 4. The smallest absolute Gasteiger partial charge is 0.242 e. The highest BCUT2D eigenvalue weighted by Gasteiger charge is 1.81. The molecule has 0 heterocycles. The molecule has 0 atom stereocenters. The van der Waals surface area contributed by atoms with Gasteiger partial charge >= 0.3 is 0 Å². The molecule has 8 heteroatoms. The minimum Gasteiger partial charge on any atom is -0.303 e. The third-order valence-corrected chi connectivity index (χ3v) is 2.12. The summed E-state index contributed by atoms with van der Waals surface area (Å²) in [5.74, 6) is 0.0417. The molecule has 0 rings (SSSR count). The number of hydrogen-bond donors (Lipinski definition) is 0. The maximum Gasteiger partial charge on any atom is 0.242 e. The highest BCUT2D eigenvalue weighted by atomic mass is 16.1. The largest absolute Gasteiger partial charge is 0.303 e. The van der Waals surface area contributed by atoms with Crippen LogP contribution in [-0.2, 0) is 9.59 Å². The molecule has 0 saturated heterocycles. The summed E-state index contributed by atoms with van der Waals surface area (Å²) >= 11 is 0. The normalized spacial score (nSPS) is 7.12. The zero-order chi connectivity index (χ0) is 28.2. The second kappa shape index (κ2) is 37.8. The Hall–Kier alpha value is -2.51. The van der Waals surface area contributed by atoms with Crippen molar-refractivity contribution in [1.82, 2.24) is 5.01 Å². The van der Waals surface area contributed by atoms with E-state index in [9.17, 15) is 9.59 Å². The summed E-state index contributed by atoms with van der Waals surface area (Å²) in [5, 5.41) is 5.81. The highest BCUT2D eigenvalue weighted by molar-refractivity contribution is 5.91. The van der Waals surface area contributed by atoms with Gasteiger partial charge in [0.2, 0.25) is 5.91 Å². The Morgan fingerprint density at radius 1 is 0.500 bits per heavy atom. The second-order valence-corrected chi connectivity index (χ2v) is 7.89. The van der Waals surface area contributed by atoms with E-state index in [1.807, 2.05) is 69.5 Å². The van der Waals surface area contributed by atoms with E-state index >= 15 is 0 Å². The lowest BCUT2D eigenvalue weighted by molar-refractivity contribution is -0.116. The molecule has 0 unspecified atom stereocenters. The standard InChI is InChI=1S/C5H12N2.C5H9NO.3C4H9N.C3H6O.CH4/c1-5(2)6-7(3)4;1-4(2)6-5(3)7;3*1-4(2)5-3;1-3(2)4;/h1-4H3;1-3H3;3*1-3H3;1-2H3;1H4. The summed E-state index contributed by atoms with van der Waals surface area (Å²) in [7, 11) is 9.18. The molecule has 8 nitrogen and oxygen atoms in total. The van der Waals surface area contributed by atoms with E-state index in [1.165, 1.54) is 20.8 Å². The van der Waals surface area contributed by atoms with E-state index in [1.54, 1.807) is 40.0 Å². The van der Waals surface area contributed by atoms with Gasteiger partial charge < -0.3 is 9.80 Å². The van der Waals surface area contributed by atoms with Gasteiger partial charge in [0.1, 0.15) is 5.78 Å². The molecule has 0 fully saturated rings. The van der Waals surface area contributed by atoms with Gasteiger partial charge in [-0.3, -0.25) is 19.8 Å². The van der Waals surface area contributed by atoms with Crippen LogP contribution in [0.2, 0.25) is 0 Å². The van der Waals surface area contributed by atoms with Crippen LogP contribution in [0.3, 0.4) is 0 Å². The number of carbonyl (C=O) groups excluding carboxylic acids is 2. The molecule has 0 radical (unpaired) electrons. The predicted octanol–water partition coefficient (Wildman–Crippen LogP) is 6.48. The maximum atomic E-state index is 10.1. The van der Waals surface area contributed by atoms with Crippen molar-refractivity contribution in [1.29, 1.82) is 0 Å². The fraction of sp³-hybridized carbons (Fsp3) is 0.731. The molecule has 0 N–H and O–H groups in total. The van der Waals surface area contributed by atoms with Crippen molar-refractivity contribution >= 4 is 40.2 Å². The fourth-order valence-corrected chi connectivity index (χ4v) is 0.715. The molecule has 0 aliphatic carbocycles. The van der Waals surface area contributed by atoms with E-state index in [-0.39, 0.29) is 19.1 Å². The predicted molar refractivity (Wildman–Crippen MR) is 159 cm³/mol. The van der Waals surface area contributed by atoms with E-state index in [2.05, 4.69) is 25.1 Å². The lowest BCUT2D eigenvalue weighted by atomic mass is 10.5. The van der Waals surface area contributed by atoms with Crippen LogP contribution in [0.4, 0.5) is 0 Å². The number of Topliss-reactive ketones (excluding diaryl/α,β-unsaturated/α-hetero) is 1. The van der Waals surface area contributed by atoms with Gasteiger partial charge in [-0.05, 0) is 83.1 Å². The van der Waals surface area contributed by atoms with Crippen molar-refractivity contribution in [2.75, 3.05) is 35.2 Å². The van der Waals surface area contributed by atoms with E-state index in [0.717, 1.165) is 28.6 Å². The van der Waals surface area contributed by atoms with Crippen LogP contribution in [0.5, 0.6) is 0 Å². The summed E-state index contributed by atoms with van der Waals surface area (Å²) in [6, 6.07) is 0. The molecule has 0 aromatic rings. The number of nitrogens with zero attached hydrogens (tertiary/aromatic N) is 6. The SMILES string of the molecule is C.CC(=O)N=C(C)C.CC(C)=NN(C)C.CC(C)=O.CN=C(C)C.CN=C(C)C.CN=C(C)C. The first-order valence-electron chi connectivity index (χ1n) is 10.7. The molecular formula is C26H58N6O2. The van der Waals surface area contributed by atoms with Crippen molar-refractivity contribution in [3.8, 4) is 0 Å². The molecule has 0 aromatic carbocycles. The van der Waals surface area contributed by atoms with E-state index in [0.29, 0.717) is 0 Å². The first-order valence-corrected chi connectivity index (χ1v) is 10.7. The summed E-state index contributed by atoms with van der Waals surface area (Å²) in [5.41, 5.74) is 5.29. The Morgan fingerprint density at radius 2 is 0.706 bits per heavy atom. The zero-order valence-corrected chi connectivity index (χ0v) is 25.0. The van der Waals surface area contributed by atoms with Gasteiger partial charge in [0, 0.05) is 70.7 Å².